The minimum absolute atomic E-state index is 0.0511. The van der Waals surface area contributed by atoms with Crippen molar-refractivity contribution in [2.75, 3.05) is 0 Å². The van der Waals surface area contributed by atoms with E-state index in [1.807, 2.05) is 32.0 Å². The van der Waals surface area contributed by atoms with Gasteiger partial charge in [0.2, 0.25) is 5.91 Å². The average molecular weight is 297 g/mol. The summed E-state index contributed by atoms with van der Waals surface area (Å²) >= 11 is 0. The standard InChI is InChI=1S/C18H19NO3/c1-11-6-7-15-14(10-22-18(15)12(11)2)9-17(20)19-13(3)16-5-4-8-21-16/h4-8,10,13H,9H2,1-3H3,(H,19,20)/t13-/m1/s1. The third-order valence-electron chi connectivity index (χ3n) is 4.04. The van der Waals surface area contributed by atoms with Crippen molar-refractivity contribution in [3.05, 3.63) is 59.2 Å². The molecule has 2 heterocycles. The third kappa shape index (κ3) is 2.64. The molecule has 0 unspecified atom stereocenters. The molecule has 114 valence electrons. The smallest absolute Gasteiger partial charge is 0.225 e. The van der Waals surface area contributed by atoms with Crippen molar-refractivity contribution in [3.63, 3.8) is 0 Å². The van der Waals surface area contributed by atoms with Gasteiger partial charge in [0.15, 0.2) is 0 Å². The van der Waals surface area contributed by atoms with Gasteiger partial charge in [-0.05, 0) is 44.0 Å². The van der Waals surface area contributed by atoms with Gasteiger partial charge in [-0.15, -0.1) is 0 Å². The van der Waals surface area contributed by atoms with Gasteiger partial charge in [0, 0.05) is 10.9 Å². The molecule has 0 radical (unpaired) electrons. The average Bonchev–Trinajstić information content (AvgIpc) is 3.13. The number of amides is 1. The molecular weight excluding hydrogens is 278 g/mol. The van der Waals surface area contributed by atoms with Gasteiger partial charge in [0.1, 0.15) is 11.3 Å². The molecule has 1 atom stereocenters. The minimum Gasteiger partial charge on any atom is -0.467 e. The fourth-order valence-electron chi connectivity index (χ4n) is 2.60. The summed E-state index contributed by atoms with van der Waals surface area (Å²) in [6, 6.07) is 7.58. The van der Waals surface area contributed by atoms with Crippen molar-refractivity contribution < 1.29 is 13.6 Å². The number of nitrogens with one attached hydrogen (secondary N) is 1. The Morgan fingerprint density at radius 1 is 1.23 bits per heavy atom. The Morgan fingerprint density at radius 2 is 2.05 bits per heavy atom. The predicted molar refractivity (Wildman–Crippen MR) is 84.7 cm³/mol. The van der Waals surface area contributed by atoms with E-state index >= 15 is 0 Å². The van der Waals surface area contributed by atoms with E-state index in [0.29, 0.717) is 6.42 Å². The van der Waals surface area contributed by atoms with Crippen molar-refractivity contribution >= 4 is 16.9 Å². The van der Waals surface area contributed by atoms with E-state index in [0.717, 1.165) is 27.9 Å². The van der Waals surface area contributed by atoms with Crippen LogP contribution in [0.5, 0.6) is 0 Å². The zero-order chi connectivity index (χ0) is 15.7. The molecule has 0 bridgehead atoms. The molecular formula is C18H19NO3. The second-order valence-corrected chi connectivity index (χ2v) is 5.63. The van der Waals surface area contributed by atoms with E-state index in [1.165, 1.54) is 5.56 Å². The van der Waals surface area contributed by atoms with Gasteiger partial charge in [-0.2, -0.15) is 0 Å². The first-order chi connectivity index (χ1) is 10.6. The maximum atomic E-state index is 12.2. The summed E-state index contributed by atoms with van der Waals surface area (Å²) in [6.45, 7) is 5.98. The Hall–Kier alpha value is -2.49. The largest absolute Gasteiger partial charge is 0.467 e. The van der Waals surface area contributed by atoms with Crippen LogP contribution in [-0.2, 0) is 11.2 Å². The monoisotopic (exact) mass is 297 g/mol. The highest BCUT2D eigenvalue weighted by molar-refractivity contribution is 5.89. The fourth-order valence-corrected chi connectivity index (χ4v) is 2.60. The highest BCUT2D eigenvalue weighted by Gasteiger charge is 2.15. The van der Waals surface area contributed by atoms with Crippen LogP contribution in [0.1, 0.15) is 35.4 Å². The number of furan rings is 2. The molecule has 2 aromatic heterocycles. The second kappa shape index (κ2) is 5.72. The molecule has 22 heavy (non-hydrogen) atoms. The van der Waals surface area contributed by atoms with E-state index in [9.17, 15) is 4.79 Å². The van der Waals surface area contributed by atoms with Crippen molar-refractivity contribution in [1.82, 2.24) is 5.32 Å². The summed E-state index contributed by atoms with van der Waals surface area (Å²) in [7, 11) is 0. The molecule has 0 aliphatic carbocycles. The molecule has 0 aliphatic rings. The number of carbonyl (C=O) groups excluding carboxylic acids is 1. The van der Waals surface area contributed by atoms with E-state index in [4.69, 9.17) is 8.83 Å². The van der Waals surface area contributed by atoms with Crippen LogP contribution in [0.25, 0.3) is 11.0 Å². The lowest BCUT2D eigenvalue weighted by atomic mass is 10.0. The maximum Gasteiger partial charge on any atom is 0.225 e. The number of aryl methyl sites for hydroxylation is 2. The Kier molecular flexibility index (Phi) is 3.75. The van der Waals surface area contributed by atoms with Crippen LogP contribution in [0.4, 0.5) is 0 Å². The molecule has 3 rings (SSSR count). The summed E-state index contributed by atoms with van der Waals surface area (Å²) in [5.41, 5.74) is 4.07. The summed E-state index contributed by atoms with van der Waals surface area (Å²) in [6.07, 6.45) is 3.57. The maximum absolute atomic E-state index is 12.2. The topological polar surface area (TPSA) is 55.4 Å². The molecule has 0 saturated carbocycles. The van der Waals surface area contributed by atoms with E-state index < -0.39 is 0 Å². The Labute approximate surface area is 129 Å². The lowest BCUT2D eigenvalue weighted by molar-refractivity contribution is -0.121. The van der Waals surface area contributed by atoms with Crippen molar-refractivity contribution in [2.45, 2.75) is 33.2 Å². The van der Waals surface area contributed by atoms with Crippen LogP contribution in [-0.4, -0.2) is 5.91 Å². The Bertz CT molecular complexity index is 799. The summed E-state index contributed by atoms with van der Waals surface area (Å²) in [4.78, 5) is 12.2. The molecule has 0 fully saturated rings. The lowest BCUT2D eigenvalue weighted by Crippen LogP contribution is -2.27. The molecule has 0 aliphatic heterocycles. The van der Waals surface area contributed by atoms with E-state index in [1.54, 1.807) is 12.5 Å². The van der Waals surface area contributed by atoms with Gasteiger partial charge in [-0.25, -0.2) is 0 Å². The number of carbonyl (C=O) groups is 1. The van der Waals surface area contributed by atoms with Crippen molar-refractivity contribution in [2.24, 2.45) is 0 Å². The highest BCUT2D eigenvalue weighted by atomic mass is 16.3. The number of hydrogen-bond acceptors (Lipinski definition) is 3. The first-order valence-corrected chi connectivity index (χ1v) is 7.35. The van der Waals surface area contributed by atoms with Gasteiger partial charge >= 0.3 is 0 Å². The first-order valence-electron chi connectivity index (χ1n) is 7.35. The molecule has 0 spiro atoms. The quantitative estimate of drug-likeness (QED) is 0.790. The van der Waals surface area contributed by atoms with Gasteiger partial charge < -0.3 is 14.2 Å². The zero-order valence-corrected chi connectivity index (χ0v) is 13.0. The third-order valence-corrected chi connectivity index (χ3v) is 4.04. The number of rotatable bonds is 4. The molecule has 0 saturated heterocycles. The Balaban J connectivity index is 1.76. The van der Waals surface area contributed by atoms with E-state index in [2.05, 4.69) is 18.3 Å². The highest BCUT2D eigenvalue weighted by Crippen LogP contribution is 2.26. The fraction of sp³-hybridized carbons (Fsp3) is 0.278. The molecule has 4 nitrogen and oxygen atoms in total. The molecule has 1 amide bonds. The summed E-state index contributed by atoms with van der Waals surface area (Å²) in [5.74, 6) is 0.696. The van der Waals surface area contributed by atoms with Gasteiger partial charge in [-0.1, -0.05) is 12.1 Å². The van der Waals surface area contributed by atoms with Crippen LogP contribution < -0.4 is 5.32 Å². The summed E-state index contributed by atoms with van der Waals surface area (Å²) < 4.78 is 10.9. The van der Waals surface area contributed by atoms with Gasteiger partial charge in [-0.3, -0.25) is 4.79 Å². The SMILES string of the molecule is Cc1ccc2c(CC(=O)N[C@H](C)c3ccco3)coc2c1C. The van der Waals surface area contributed by atoms with Gasteiger partial charge in [0.25, 0.3) is 0 Å². The van der Waals surface area contributed by atoms with Crippen LogP contribution >= 0.6 is 0 Å². The van der Waals surface area contributed by atoms with Crippen molar-refractivity contribution in [1.29, 1.82) is 0 Å². The number of benzene rings is 1. The second-order valence-electron chi connectivity index (χ2n) is 5.63. The van der Waals surface area contributed by atoms with Crippen LogP contribution in [0.15, 0.2) is 45.6 Å². The molecule has 3 aromatic rings. The van der Waals surface area contributed by atoms with Crippen molar-refractivity contribution in [3.8, 4) is 0 Å². The lowest BCUT2D eigenvalue weighted by Gasteiger charge is -2.11. The number of fused-ring (bicyclic) bond motifs is 1. The van der Waals surface area contributed by atoms with Crippen LogP contribution in [0.3, 0.4) is 0 Å². The first kappa shape index (κ1) is 14.4. The van der Waals surface area contributed by atoms with Crippen LogP contribution in [0, 0.1) is 13.8 Å². The normalized spacial score (nSPS) is 12.5. The minimum atomic E-state index is -0.148. The summed E-state index contributed by atoms with van der Waals surface area (Å²) in [5, 5.41) is 3.94. The molecule has 4 heteroatoms. The van der Waals surface area contributed by atoms with E-state index in [-0.39, 0.29) is 11.9 Å². The number of hydrogen-bond donors (Lipinski definition) is 1. The Morgan fingerprint density at radius 3 is 2.77 bits per heavy atom. The molecule has 1 aromatic carbocycles. The zero-order valence-electron chi connectivity index (χ0n) is 13.0. The molecule has 1 N–H and O–H groups in total. The predicted octanol–water partition coefficient (Wildman–Crippen LogP) is 4.06. The van der Waals surface area contributed by atoms with Crippen LogP contribution in [0.2, 0.25) is 0 Å². The van der Waals surface area contributed by atoms with Gasteiger partial charge in [0.05, 0.1) is 25.0 Å².